The Morgan fingerprint density at radius 3 is 2.13 bits per heavy atom. The molecular formula is C41H41F5N2O6. The predicted molar refractivity (Wildman–Crippen MR) is 188 cm³/mol. The summed E-state index contributed by atoms with van der Waals surface area (Å²) in [7, 11) is 0. The molecule has 0 spiro atoms. The van der Waals surface area contributed by atoms with Gasteiger partial charge in [-0.1, -0.05) is 66.7 Å². The van der Waals surface area contributed by atoms with E-state index in [2.05, 4.69) is 10.2 Å². The first-order valence-corrected chi connectivity index (χ1v) is 17.7. The molecule has 0 radical (unpaired) electrons. The quantitative estimate of drug-likeness (QED) is 0.0738. The Hall–Kier alpha value is -4.69. The average molecular weight is 753 g/mol. The van der Waals surface area contributed by atoms with Gasteiger partial charge >= 0.3 is 5.97 Å². The van der Waals surface area contributed by atoms with Crippen LogP contribution in [0, 0.1) is 29.1 Å². The van der Waals surface area contributed by atoms with Gasteiger partial charge in [0.2, 0.25) is 5.82 Å². The molecule has 0 aromatic heterocycles. The summed E-state index contributed by atoms with van der Waals surface area (Å²) in [5, 5.41) is 11.8. The number of nitrogens with zero attached hydrogens (tertiary/aromatic N) is 1. The van der Waals surface area contributed by atoms with Gasteiger partial charge in [-0.25, -0.2) is 22.0 Å². The minimum absolute atomic E-state index is 0.0799. The zero-order valence-corrected chi connectivity index (χ0v) is 30.0. The smallest absolute Gasteiger partial charge is 0.323 e. The van der Waals surface area contributed by atoms with Crippen molar-refractivity contribution in [2.45, 2.75) is 83.3 Å². The van der Waals surface area contributed by atoms with Gasteiger partial charge in [0.05, 0.1) is 18.8 Å². The van der Waals surface area contributed by atoms with Gasteiger partial charge < -0.3 is 24.6 Å². The monoisotopic (exact) mass is 752 g/mol. The fourth-order valence-corrected chi connectivity index (χ4v) is 6.74. The molecule has 8 nitrogen and oxygen atoms in total. The van der Waals surface area contributed by atoms with E-state index in [9.17, 15) is 36.6 Å². The Morgan fingerprint density at radius 1 is 0.833 bits per heavy atom. The number of aliphatic hydroxyl groups excluding tert-OH is 1. The summed E-state index contributed by atoms with van der Waals surface area (Å²) in [5.74, 6) is -12.8. The molecule has 286 valence electrons. The normalized spacial score (nSPS) is 20.5. The van der Waals surface area contributed by atoms with Crippen LogP contribution < -0.4 is 5.32 Å². The second-order valence-corrected chi connectivity index (χ2v) is 14.5. The van der Waals surface area contributed by atoms with Gasteiger partial charge in [0, 0.05) is 25.1 Å². The summed E-state index contributed by atoms with van der Waals surface area (Å²) in [5.41, 5.74) is 2.33. The summed E-state index contributed by atoms with van der Waals surface area (Å²) < 4.78 is 87.8. The Labute approximate surface area is 309 Å². The van der Waals surface area contributed by atoms with Crippen LogP contribution in [-0.4, -0.2) is 52.7 Å². The number of aliphatic hydroxyl groups is 1. The highest BCUT2D eigenvalue weighted by Crippen LogP contribution is 2.39. The fraction of sp³-hybridized carbons (Fsp3) is 0.366. The third kappa shape index (κ3) is 8.81. The summed E-state index contributed by atoms with van der Waals surface area (Å²) in [4.78, 5) is 27.7. The van der Waals surface area contributed by atoms with Crippen LogP contribution in [0.1, 0.15) is 85.0 Å². The third-order valence-electron chi connectivity index (χ3n) is 9.43. The first-order chi connectivity index (χ1) is 25.7. The Balaban J connectivity index is 1.17. The largest absolute Gasteiger partial charge is 0.459 e. The molecule has 2 aliphatic heterocycles. The summed E-state index contributed by atoms with van der Waals surface area (Å²) in [6, 6.07) is 21.5. The van der Waals surface area contributed by atoms with Crippen molar-refractivity contribution in [1.29, 1.82) is 0 Å². The number of rotatable bonds is 10. The van der Waals surface area contributed by atoms with E-state index in [-0.39, 0.29) is 37.4 Å². The summed E-state index contributed by atoms with van der Waals surface area (Å²) in [6.45, 7) is 6.46. The van der Waals surface area contributed by atoms with Crippen molar-refractivity contribution in [2.75, 3.05) is 13.1 Å². The standard InChI is InChI=1S/C41H41F5N2O6/c1-41(2,3)54-39(51)30-8-5-17-48(30)21-29-19-31(26-11-9-23(22-49)10-12-26)53-40(52-29)27-15-13-25(14-16-27)28-7-4-6-24(18-28)20-47-38(50)32-33(42)35(44)37(46)36(45)34(32)43/h4,6-7,9-16,18,29-31,40,49H,5,8,17,19-22H2,1-3H3,(H,47,50)/t29-,30+,31+,40+/m1/s1. The van der Waals surface area contributed by atoms with Crippen molar-refractivity contribution < 1.29 is 50.9 Å². The molecule has 2 N–H and O–H groups in total. The minimum Gasteiger partial charge on any atom is -0.459 e. The Kier molecular flexibility index (Phi) is 11.8. The van der Waals surface area contributed by atoms with Crippen molar-refractivity contribution in [1.82, 2.24) is 10.2 Å². The highest BCUT2D eigenvalue weighted by atomic mass is 19.2. The SMILES string of the molecule is CC(C)(C)OC(=O)[C@@H]1CCCN1C[C@H]1C[C@@H](c2ccc(CO)cc2)O[C@@H](c2ccc(-c3cccc(CNC(=O)c4c(F)c(F)c(F)c(F)c4F)c3)cc2)O1. The number of halogens is 5. The molecule has 4 aromatic rings. The molecule has 6 rings (SSSR count). The second kappa shape index (κ2) is 16.4. The highest BCUT2D eigenvalue weighted by Gasteiger charge is 2.39. The molecule has 2 heterocycles. The van der Waals surface area contributed by atoms with E-state index in [0.717, 1.165) is 40.8 Å². The van der Waals surface area contributed by atoms with Crippen molar-refractivity contribution in [3.8, 4) is 11.1 Å². The second-order valence-electron chi connectivity index (χ2n) is 14.5. The number of ether oxygens (including phenoxy) is 3. The van der Waals surface area contributed by atoms with Crippen LogP contribution in [0.15, 0.2) is 72.8 Å². The van der Waals surface area contributed by atoms with Gasteiger partial charge in [-0.05, 0) is 74.0 Å². The number of likely N-dealkylation sites (tertiary alicyclic amines) is 1. The number of nitrogens with one attached hydrogen (secondary N) is 1. The molecule has 1 amide bonds. The molecule has 13 heteroatoms. The molecule has 0 saturated carbocycles. The van der Waals surface area contributed by atoms with E-state index in [0.29, 0.717) is 24.9 Å². The van der Waals surface area contributed by atoms with Gasteiger partial charge in [-0.15, -0.1) is 0 Å². The zero-order valence-electron chi connectivity index (χ0n) is 30.0. The van der Waals surface area contributed by atoms with Gasteiger partial charge in [0.15, 0.2) is 29.6 Å². The molecule has 4 aromatic carbocycles. The number of amides is 1. The number of carbonyl (C=O) groups is 2. The molecule has 2 saturated heterocycles. The van der Waals surface area contributed by atoms with E-state index in [1.165, 1.54) is 0 Å². The van der Waals surface area contributed by atoms with Crippen LogP contribution in [0.3, 0.4) is 0 Å². The number of carbonyl (C=O) groups excluding carboxylic acids is 2. The van der Waals surface area contributed by atoms with Crippen LogP contribution >= 0.6 is 0 Å². The molecule has 54 heavy (non-hydrogen) atoms. The zero-order chi connectivity index (χ0) is 38.7. The molecule has 0 bridgehead atoms. The molecule has 0 aliphatic carbocycles. The van der Waals surface area contributed by atoms with E-state index < -0.39 is 52.4 Å². The highest BCUT2D eigenvalue weighted by molar-refractivity contribution is 5.94. The Morgan fingerprint density at radius 2 is 1.48 bits per heavy atom. The van der Waals surface area contributed by atoms with E-state index in [1.54, 1.807) is 18.2 Å². The fourth-order valence-electron chi connectivity index (χ4n) is 6.74. The van der Waals surface area contributed by atoms with Crippen LogP contribution in [0.25, 0.3) is 11.1 Å². The molecule has 0 unspecified atom stereocenters. The average Bonchev–Trinajstić information content (AvgIpc) is 3.63. The predicted octanol–water partition coefficient (Wildman–Crippen LogP) is 7.82. The first kappa shape index (κ1) is 39.0. The summed E-state index contributed by atoms with van der Waals surface area (Å²) in [6.07, 6.45) is 0.743. The van der Waals surface area contributed by atoms with Crippen molar-refractivity contribution in [3.05, 3.63) is 130 Å². The van der Waals surface area contributed by atoms with Gasteiger partial charge in [-0.3, -0.25) is 14.5 Å². The van der Waals surface area contributed by atoms with Gasteiger partial charge in [0.25, 0.3) is 5.91 Å². The molecule has 4 atom stereocenters. The minimum atomic E-state index is -2.34. The van der Waals surface area contributed by atoms with E-state index in [4.69, 9.17) is 14.2 Å². The van der Waals surface area contributed by atoms with Gasteiger partial charge in [-0.2, -0.15) is 0 Å². The van der Waals surface area contributed by atoms with Crippen LogP contribution in [0.2, 0.25) is 0 Å². The van der Waals surface area contributed by atoms with Crippen molar-refractivity contribution in [3.63, 3.8) is 0 Å². The first-order valence-electron chi connectivity index (χ1n) is 17.7. The molecule has 2 fully saturated rings. The van der Waals surface area contributed by atoms with E-state index in [1.807, 2.05) is 75.4 Å². The molecule has 2 aliphatic rings. The lowest BCUT2D eigenvalue weighted by molar-refractivity contribution is -0.253. The number of esters is 1. The van der Waals surface area contributed by atoms with Crippen LogP contribution in [-0.2, 0) is 32.2 Å². The summed E-state index contributed by atoms with van der Waals surface area (Å²) >= 11 is 0. The third-order valence-corrected chi connectivity index (χ3v) is 9.43. The number of benzene rings is 4. The van der Waals surface area contributed by atoms with Crippen molar-refractivity contribution in [2.24, 2.45) is 0 Å². The maximum atomic E-state index is 14.1. The van der Waals surface area contributed by atoms with Crippen LogP contribution in [0.4, 0.5) is 22.0 Å². The lowest BCUT2D eigenvalue weighted by Crippen LogP contribution is -2.45. The maximum absolute atomic E-state index is 14.1. The van der Waals surface area contributed by atoms with Gasteiger partial charge in [0.1, 0.15) is 17.2 Å². The molecular weight excluding hydrogens is 711 g/mol. The van der Waals surface area contributed by atoms with E-state index >= 15 is 0 Å². The number of hydrogen-bond acceptors (Lipinski definition) is 7. The Bertz CT molecular complexity index is 1960. The topological polar surface area (TPSA) is 97.3 Å². The lowest BCUT2D eigenvalue weighted by Gasteiger charge is -2.38. The van der Waals surface area contributed by atoms with Crippen molar-refractivity contribution >= 4 is 11.9 Å². The maximum Gasteiger partial charge on any atom is 0.323 e. The number of hydrogen-bond donors (Lipinski definition) is 2. The van der Waals surface area contributed by atoms with Crippen LogP contribution in [0.5, 0.6) is 0 Å². The lowest BCUT2D eigenvalue weighted by atomic mass is 9.98.